The SMILES string of the molecule is O=C(c1ccccc1)c1ccccc1N[C@@H](Cc1ccc(C#CCn2c3ccccc3c3ccccc32)cc1)C(=O)O. The number of nitrogens with one attached hydrogen (secondary N) is 1. The van der Waals surface area contributed by atoms with Gasteiger partial charge in [-0.05, 0) is 42.0 Å². The number of nitrogens with zero attached hydrogens (tertiary/aromatic N) is 1. The van der Waals surface area contributed by atoms with Gasteiger partial charge in [0.05, 0.1) is 6.54 Å². The first kappa shape index (κ1) is 26.6. The van der Waals surface area contributed by atoms with Gasteiger partial charge in [0.15, 0.2) is 5.78 Å². The van der Waals surface area contributed by atoms with Gasteiger partial charge in [0, 0.05) is 50.6 Å². The van der Waals surface area contributed by atoms with E-state index in [1.54, 1.807) is 36.4 Å². The summed E-state index contributed by atoms with van der Waals surface area (Å²) in [6.45, 7) is 0.557. The van der Waals surface area contributed by atoms with E-state index in [-0.39, 0.29) is 12.2 Å². The molecule has 0 fully saturated rings. The van der Waals surface area contributed by atoms with Crippen LogP contribution in [-0.2, 0) is 17.8 Å². The number of carboxylic acids is 1. The highest BCUT2D eigenvalue weighted by Crippen LogP contribution is 2.28. The van der Waals surface area contributed by atoms with Crippen molar-refractivity contribution in [1.82, 2.24) is 4.57 Å². The standard InChI is InChI=1S/C37H28N2O3/c40-36(28-12-2-1-3-13-28)31-16-4-7-17-32(31)38-33(37(41)42)25-27-22-20-26(21-23-27)11-10-24-39-34-18-8-5-14-29(34)30-15-6-9-19-35(30)39/h1-9,12-23,33,38H,24-25H2,(H,41,42)/t33-/m0/s1. The summed E-state index contributed by atoms with van der Waals surface area (Å²) in [5.41, 5.74) is 5.50. The van der Waals surface area contributed by atoms with E-state index in [0.29, 0.717) is 23.4 Å². The van der Waals surface area contributed by atoms with Crippen molar-refractivity contribution in [2.75, 3.05) is 5.32 Å². The first-order chi connectivity index (χ1) is 20.6. The Hall–Kier alpha value is -5.60. The highest BCUT2D eigenvalue weighted by Gasteiger charge is 2.21. The number of para-hydroxylation sites is 3. The molecule has 0 aliphatic carbocycles. The third-order valence-corrected chi connectivity index (χ3v) is 7.38. The van der Waals surface area contributed by atoms with Gasteiger partial charge in [0.2, 0.25) is 0 Å². The number of anilines is 1. The molecule has 5 heteroatoms. The van der Waals surface area contributed by atoms with E-state index in [1.807, 2.05) is 54.6 Å². The highest BCUT2D eigenvalue weighted by atomic mass is 16.4. The molecule has 0 aliphatic heterocycles. The maximum Gasteiger partial charge on any atom is 0.326 e. The molecule has 2 N–H and O–H groups in total. The summed E-state index contributed by atoms with van der Waals surface area (Å²) in [5.74, 6) is 5.40. The summed E-state index contributed by atoms with van der Waals surface area (Å²) >= 11 is 0. The number of carbonyl (C=O) groups excluding carboxylic acids is 1. The van der Waals surface area contributed by atoms with Gasteiger partial charge in [-0.15, -0.1) is 0 Å². The zero-order chi connectivity index (χ0) is 28.9. The molecule has 0 spiro atoms. The van der Waals surface area contributed by atoms with Gasteiger partial charge in [0.1, 0.15) is 6.04 Å². The quantitative estimate of drug-likeness (QED) is 0.156. The van der Waals surface area contributed by atoms with E-state index in [9.17, 15) is 14.7 Å². The lowest BCUT2D eigenvalue weighted by atomic mass is 10.00. The number of aromatic nitrogens is 1. The van der Waals surface area contributed by atoms with E-state index in [0.717, 1.165) is 22.2 Å². The molecule has 0 radical (unpaired) electrons. The van der Waals surface area contributed by atoms with Gasteiger partial charge in [-0.2, -0.15) is 0 Å². The Morgan fingerprint density at radius 2 is 1.31 bits per heavy atom. The Kier molecular flexibility index (Phi) is 7.52. The minimum atomic E-state index is -0.994. The Morgan fingerprint density at radius 3 is 1.98 bits per heavy atom. The largest absolute Gasteiger partial charge is 0.480 e. The lowest BCUT2D eigenvalue weighted by Crippen LogP contribution is -2.32. The van der Waals surface area contributed by atoms with Crippen molar-refractivity contribution in [3.05, 3.63) is 150 Å². The maximum atomic E-state index is 13.1. The fraction of sp³-hybridized carbons (Fsp3) is 0.0811. The molecule has 1 heterocycles. The average Bonchev–Trinajstić information content (AvgIpc) is 3.35. The second-order valence-electron chi connectivity index (χ2n) is 10.1. The van der Waals surface area contributed by atoms with Gasteiger partial charge in [0.25, 0.3) is 0 Å². The smallest absolute Gasteiger partial charge is 0.326 e. The maximum absolute atomic E-state index is 13.1. The van der Waals surface area contributed by atoms with Gasteiger partial charge in [-0.25, -0.2) is 4.79 Å². The topological polar surface area (TPSA) is 71.3 Å². The van der Waals surface area contributed by atoms with Crippen LogP contribution >= 0.6 is 0 Å². The first-order valence-electron chi connectivity index (χ1n) is 13.8. The van der Waals surface area contributed by atoms with E-state index >= 15 is 0 Å². The van der Waals surface area contributed by atoms with E-state index in [1.165, 1.54) is 10.8 Å². The van der Waals surface area contributed by atoms with Gasteiger partial charge in [-0.3, -0.25) is 4.79 Å². The fourth-order valence-electron chi connectivity index (χ4n) is 5.29. The number of ketones is 1. The van der Waals surface area contributed by atoms with E-state index in [4.69, 9.17) is 0 Å². The van der Waals surface area contributed by atoms with Crippen LogP contribution in [0.5, 0.6) is 0 Å². The molecule has 6 aromatic rings. The third-order valence-electron chi connectivity index (χ3n) is 7.38. The lowest BCUT2D eigenvalue weighted by Gasteiger charge is -2.18. The van der Waals surface area contributed by atoms with Crippen LogP contribution in [0.1, 0.15) is 27.0 Å². The van der Waals surface area contributed by atoms with Crippen LogP contribution in [0.15, 0.2) is 127 Å². The molecule has 5 aromatic carbocycles. The molecule has 0 unspecified atom stereocenters. The predicted octanol–water partition coefficient (Wildman–Crippen LogP) is 7.19. The summed E-state index contributed by atoms with van der Waals surface area (Å²) in [6.07, 6.45) is 0.248. The summed E-state index contributed by atoms with van der Waals surface area (Å²) in [7, 11) is 0. The predicted molar refractivity (Wildman–Crippen MR) is 168 cm³/mol. The molecule has 6 rings (SSSR count). The highest BCUT2D eigenvalue weighted by molar-refractivity contribution is 6.12. The van der Waals surface area contributed by atoms with Crippen LogP contribution in [0, 0.1) is 11.8 Å². The molecular formula is C37H28N2O3. The summed E-state index contributed by atoms with van der Waals surface area (Å²) in [5, 5.41) is 15.5. The average molecular weight is 549 g/mol. The van der Waals surface area contributed by atoms with Crippen molar-refractivity contribution in [2.24, 2.45) is 0 Å². The molecule has 0 saturated heterocycles. The summed E-state index contributed by atoms with van der Waals surface area (Å²) in [4.78, 5) is 25.3. The Bertz CT molecular complexity index is 1910. The monoisotopic (exact) mass is 548 g/mol. The molecule has 1 atom stereocenters. The second kappa shape index (κ2) is 11.9. The van der Waals surface area contributed by atoms with Gasteiger partial charge < -0.3 is 15.0 Å². The molecule has 204 valence electrons. The van der Waals surface area contributed by atoms with Crippen LogP contribution in [0.2, 0.25) is 0 Å². The van der Waals surface area contributed by atoms with E-state index < -0.39 is 12.0 Å². The van der Waals surface area contributed by atoms with Crippen molar-refractivity contribution < 1.29 is 14.7 Å². The zero-order valence-electron chi connectivity index (χ0n) is 22.8. The number of fused-ring (bicyclic) bond motifs is 3. The molecule has 0 saturated carbocycles. The minimum absolute atomic E-state index is 0.160. The van der Waals surface area contributed by atoms with Gasteiger partial charge >= 0.3 is 5.97 Å². The van der Waals surface area contributed by atoms with Gasteiger partial charge in [-0.1, -0.05) is 103 Å². The molecule has 0 bridgehead atoms. The van der Waals surface area contributed by atoms with E-state index in [2.05, 4.69) is 58.1 Å². The fourth-order valence-corrected chi connectivity index (χ4v) is 5.29. The zero-order valence-corrected chi connectivity index (χ0v) is 22.8. The molecular weight excluding hydrogens is 520 g/mol. The number of aliphatic carboxylic acids is 1. The van der Waals surface area contributed by atoms with Crippen molar-refractivity contribution in [1.29, 1.82) is 0 Å². The minimum Gasteiger partial charge on any atom is -0.480 e. The number of carbonyl (C=O) groups is 2. The molecule has 42 heavy (non-hydrogen) atoms. The summed E-state index contributed by atoms with van der Waals surface area (Å²) < 4.78 is 2.23. The normalized spacial score (nSPS) is 11.5. The second-order valence-corrected chi connectivity index (χ2v) is 10.1. The molecule has 1 aromatic heterocycles. The van der Waals surface area contributed by atoms with Crippen LogP contribution in [0.3, 0.4) is 0 Å². The van der Waals surface area contributed by atoms with Crippen LogP contribution in [0.25, 0.3) is 21.8 Å². The number of carboxylic acid groups (broad SMARTS) is 1. The number of hydrogen-bond acceptors (Lipinski definition) is 3. The Labute approximate surface area is 244 Å². The van der Waals surface area contributed by atoms with Crippen molar-refractivity contribution >= 4 is 39.2 Å². The van der Waals surface area contributed by atoms with Crippen LogP contribution in [-0.4, -0.2) is 27.5 Å². The summed E-state index contributed by atoms with van der Waals surface area (Å²) in [6, 6.07) is 39.4. The van der Waals surface area contributed by atoms with Crippen LogP contribution in [0.4, 0.5) is 5.69 Å². The van der Waals surface area contributed by atoms with Crippen LogP contribution < -0.4 is 5.32 Å². The lowest BCUT2D eigenvalue weighted by molar-refractivity contribution is -0.137. The first-order valence-corrected chi connectivity index (χ1v) is 13.8. The molecule has 0 amide bonds. The Morgan fingerprint density at radius 1 is 0.714 bits per heavy atom. The Balaban J connectivity index is 1.17. The number of hydrogen-bond donors (Lipinski definition) is 2. The number of rotatable bonds is 8. The molecule has 0 aliphatic rings. The van der Waals surface area contributed by atoms with Crippen molar-refractivity contribution in [3.63, 3.8) is 0 Å². The molecule has 5 nitrogen and oxygen atoms in total. The number of benzene rings is 5. The van der Waals surface area contributed by atoms with Crippen molar-refractivity contribution in [3.8, 4) is 11.8 Å². The third kappa shape index (κ3) is 5.52. The van der Waals surface area contributed by atoms with Crippen molar-refractivity contribution in [2.45, 2.75) is 19.0 Å².